The molecule has 18 rings (SSSR count). The molecule has 0 unspecified atom stereocenters. The molecule has 14 aromatic carbocycles. The Morgan fingerprint density at radius 2 is 0.612 bits per heavy atom. The summed E-state index contributed by atoms with van der Waals surface area (Å²) in [6.45, 7) is 38.7. The molecule has 0 fully saturated rings. The summed E-state index contributed by atoms with van der Waals surface area (Å²) in [6, 6.07) is -18.9. The van der Waals surface area contributed by atoms with Crippen LogP contribution in [0.3, 0.4) is 0 Å². The molecule has 4 nitrogen and oxygen atoms in total. The molecule has 0 atom stereocenters. The predicted molar refractivity (Wildman–Crippen MR) is 526 cm³/mol. The van der Waals surface area contributed by atoms with Gasteiger partial charge in [0.15, 0.2) is 0 Å². The summed E-state index contributed by atoms with van der Waals surface area (Å²) in [7, 11) is 0. The minimum absolute atomic E-state index is 0.0222. The minimum Gasteiger partial charge on any atom is -0.310 e. The Balaban J connectivity index is 1.28. The second-order valence-corrected chi connectivity index (χ2v) is 40.0. The average molecular weight is 1620 g/mol. The van der Waals surface area contributed by atoms with Crippen molar-refractivity contribution in [2.24, 2.45) is 0 Å². The van der Waals surface area contributed by atoms with Crippen LogP contribution in [-0.2, 0) is 43.3 Å². The highest BCUT2D eigenvalue weighted by Crippen LogP contribution is 2.58. The number of nitrogens with zero attached hydrogens (tertiary/aromatic N) is 4. The quantitative estimate of drug-likeness (QED) is 0.134. The van der Waals surface area contributed by atoms with Crippen LogP contribution in [0.4, 0.5) is 34.1 Å². The van der Waals surface area contributed by atoms with Crippen LogP contribution in [0.2, 0.25) is 0 Å². The van der Waals surface area contributed by atoms with Crippen molar-refractivity contribution in [3.8, 4) is 67.0 Å². The monoisotopic (exact) mass is 1620 g/mol. The van der Waals surface area contributed by atoms with Crippen LogP contribution >= 0.6 is 0 Å². The zero-order valence-corrected chi connectivity index (χ0v) is 73.0. The van der Waals surface area contributed by atoms with Crippen molar-refractivity contribution in [2.75, 3.05) is 9.80 Å². The highest BCUT2D eigenvalue weighted by Gasteiger charge is 2.48. The summed E-state index contributed by atoms with van der Waals surface area (Å²) in [5.41, 5.74) is -22.8. The molecule has 0 saturated carbocycles. The molecule has 0 saturated heterocycles. The lowest BCUT2D eigenvalue weighted by Gasteiger charge is -2.46. The number of fused-ring (bicyclic) bond motifs is 10. The Labute approximate surface area is 775 Å². The van der Waals surface area contributed by atoms with Gasteiger partial charge in [-0.3, -0.25) is 0 Å². The zero-order chi connectivity index (χ0) is 119. The fourth-order valence-corrected chi connectivity index (χ4v) is 16.5. The summed E-state index contributed by atoms with van der Waals surface area (Å²) < 4.78 is 407. The van der Waals surface area contributed by atoms with Crippen molar-refractivity contribution in [1.29, 1.82) is 0 Å². The van der Waals surface area contributed by atoms with Gasteiger partial charge in [0.25, 0.3) is 6.71 Å². The first-order chi connectivity index (χ1) is 73.4. The Morgan fingerprint density at radius 1 is 0.248 bits per heavy atom. The predicted octanol–water partition coefficient (Wildman–Crippen LogP) is 30.7. The number of rotatable bonds is 9. The lowest BCUT2D eigenvalue weighted by molar-refractivity contribution is 0.569. The van der Waals surface area contributed by atoms with Crippen LogP contribution in [0.25, 0.3) is 111 Å². The van der Waals surface area contributed by atoms with Gasteiger partial charge in [0.05, 0.1) is 92.6 Å². The fourth-order valence-electron chi connectivity index (χ4n) is 16.5. The van der Waals surface area contributed by atoms with E-state index in [0.29, 0.717) is 0 Å². The van der Waals surface area contributed by atoms with Gasteiger partial charge in [-0.2, -0.15) is 0 Å². The highest BCUT2D eigenvalue weighted by molar-refractivity contribution is 7.00. The molecule has 0 aliphatic carbocycles. The molecule has 16 aromatic rings. The molecule has 606 valence electrons. The van der Waals surface area contributed by atoms with E-state index >= 15 is 0 Å². The third kappa shape index (κ3) is 13.9. The first kappa shape index (κ1) is 46.9. The number of hydrogen-bond acceptors (Lipinski definition) is 2. The summed E-state index contributed by atoms with van der Waals surface area (Å²) in [4.78, 5) is 2.78. The van der Waals surface area contributed by atoms with Crippen molar-refractivity contribution in [3.63, 3.8) is 0 Å². The van der Waals surface area contributed by atoms with Gasteiger partial charge in [0.2, 0.25) is 0 Å². The first-order valence-corrected chi connectivity index (χ1v) is 40.9. The highest BCUT2D eigenvalue weighted by atomic mass is 15.2. The van der Waals surface area contributed by atoms with Gasteiger partial charge in [0.1, 0.15) is 0 Å². The molecule has 2 aromatic heterocycles. The number of para-hydroxylation sites is 4. The van der Waals surface area contributed by atoms with Crippen LogP contribution in [0.1, 0.15) is 264 Å². The second-order valence-electron chi connectivity index (χ2n) is 40.0. The van der Waals surface area contributed by atoms with Crippen LogP contribution in [0.5, 0.6) is 0 Å². The normalized spacial score (nSPS) is 18.1. The number of hydrogen-bond donors (Lipinski definition) is 0. The summed E-state index contributed by atoms with van der Waals surface area (Å²) in [6.07, 6.45) is 0. The third-order valence-corrected chi connectivity index (χ3v) is 22.7. The zero-order valence-electron chi connectivity index (χ0n) is 112. The van der Waals surface area contributed by atoms with E-state index in [1.54, 1.807) is 166 Å². The molecule has 2 aliphatic rings. The molecule has 2 aliphatic heterocycles. The SMILES string of the molecule is [2H]c1c([2H])c([2H])c(-c2ccc3c(c2)N(c2c(-c4c([2H])c([2H])c(C(C)(C)C)c([2H])c4[2H])c([2H])c(C(C)(C)C)c([2H])c2-c2c([2H])c([2H])c(C(C)(C)C)c([2H])c2C(C)(C)C)c2cc(-n4c5c([2H])c([2H])c([2H])c([2H])c5c5c([2H])c([2H])c([2H])c([2H])c54)cc4c2B3c2ccc(-n3c5c([2H])c([2H])c([2H])c([2H])c5c5c([2H])c([2H])c([2H])c([2H])c53)cc2N4c2c(-c3c([2H])c([2H])c(C(C)(C)C)c([2H])c3[2H])c([2H])c(C(C)(C)C)c([2H])c2-c2c(C(C)(C)C)c([2H])c([2H])c([2H])c2C(C)(C)C)c([2H])c1[2H]. The molecule has 0 spiro atoms. The molecule has 121 heavy (non-hydrogen) atoms. The minimum atomic E-state index is -1.74. The maximum absolute atomic E-state index is 12.0. The van der Waals surface area contributed by atoms with Crippen LogP contribution in [-0.4, -0.2) is 15.8 Å². The Hall–Kier alpha value is -11.7. The second kappa shape index (κ2) is 28.5. The van der Waals surface area contributed by atoms with Gasteiger partial charge < -0.3 is 18.9 Å². The van der Waals surface area contributed by atoms with E-state index in [-0.39, 0.29) is 95.1 Å². The number of benzene rings is 14. The smallest absolute Gasteiger partial charge is 0.252 e. The van der Waals surface area contributed by atoms with Crippen LogP contribution in [0, 0.1) is 0 Å². The van der Waals surface area contributed by atoms with Gasteiger partial charge in [0, 0.05) is 72.2 Å². The van der Waals surface area contributed by atoms with Crippen molar-refractivity contribution in [3.05, 3.63) is 329 Å². The largest absolute Gasteiger partial charge is 0.310 e. The van der Waals surface area contributed by atoms with Crippen LogP contribution in [0.15, 0.2) is 284 Å². The number of aromatic nitrogens is 2. The molecular formula is C116H119BN4. The van der Waals surface area contributed by atoms with Gasteiger partial charge in [-0.15, -0.1) is 0 Å². The lowest BCUT2D eigenvalue weighted by atomic mass is 9.33. The molecule has 0 N–H and O–H groups in total. The van der Waals surface area contributed by atoms with E-state index in [1.165, 1.54) is 62.9 Å². The summed E-state index contributed by atoms with van der Waals surface area (Å²) in [5.74, 6) is 0. The van der Waals surface area contributed by atoms with Crippen molar-refractivity contribution < 1.29 is 53.5 Å². The fraction of sp³-hybridized carbons (Fsp3) is 0.276. The molecular weight excluding hydrogens is 1460 g/mol. The molecule has 0 bridgehead atoms. The van der Waals surface area contributed by atoms with Crippen LogP contribution < -0.4 is 26.2 Å². The Morgan fingerprint density at radius 3 is 1.04 bits per heavy atom. The average Bonchev–Trinajstić information content (AvgIpc) is 1.03. The number of anilines is 6. The van der Waals surface area contributed by atoms with Gasteiger partial charge >= 0.3 is 0 Å². The van der Waals surface area contributed by atoms with E-state index in [9.17, 15) is 52.1 Å². The lowest BCUT2D eigenvalue weighted by Crippen LogP contribution is -2.61. The standard InChI is InChI=1S/C116H119BN4/c1-109(2,3)76-54-49-73(50-55-76)88-64-79(112(10,11)12)66-90(83-60-58-78(111(7,8)9)68-94(83)116(22,23)24)107(88)120-101-63-75(72-37-26-25-27-38-72)53-61-95(101)117-96-62-59-81(118-97-45-32-28-39-84(97)85-40-29-33-46-98(85)118)69-102(96)121(104-71-82(70-103(120)106(104)117)119-99-47-34-30-41-86(99)87-42-31-35-48-100(87)119)108-89(74-51-56-77(57-52-74)110(4,5)6)65-80(113(13,14)15)67-91(108)105-92(114(16,17)18)43-36-44-93(105)115(19,20)21/h25-71H,1-24H3/i25D,26D,27D,28D,29D,30D,31D,32D,33D,34D,35D,36D,37D,38D,39D,40D,41D,42D,43D,44D,45D,46D,47D,48D,49D,50D,51D,52D,54D,55D,56D,57D,58D,60D,64D,65D,66D,67D,68D. The topological polar surface area (TPSA) is 16.3 Å². The molecule has 0 amide bonds. The van der Waals surface area contributed by atoms with E-state index in [4.69, 9.17) is 1.37 Å². The van der Waals surface area contributed by atoms with E-state index < -0.39 is 396 Å². The third-order valence-electron chi connectivity index (χ3n) is 22.7. The van der Waals surface area contributed by atoms with Gasteiger partial charge in [-0.05, 0) is 216 Å². The van der Waals surface area contributed by atoms with Crippen molar-refractivity contribution in [2.45, 2.75) is 209 Å². The van der Waals surface area contributed by atoms with Gasteiger partial charge in [-0.1, -0.05) is 372 Å². The Kier molecular flexibility index (Phi) is 11.1. The van der Waals surface area contributed by atoms with E-state index in [2.05, 4.69) is 0 Å². The summed E-state index contributed by atoms with van der Waals surface area (Å²) in [5, 5.41) is -1.96. The van der Waals surface area contributed by atoms with E-state index in [1.807, 2.05) is 0 Å². The van der Waals surface area contributed by atoms with Crippen molar-refractivity contribution in [1.82, 2.24) is 9.13 Å². The maximum atomic E-state index is 12.0. The maximum Gasteiger partial charge on any atom is 0.252 e. The van der Waals surface area contributed by atoms with Gasteiger partial charge in [-0.25, -0.2) is 0 Å². The molecule has 5 heteroatoms. The molecule has 4 heterocycles. The summed E-state index contributed by atoms with van der Waals surface area (Å²) >= 11 is 0. The first-order valence-electron chi connectivity index (χ1n) is 60.4. The molecule has 0 radical (unpaired) electrons. The Bertz CT molecular complexity index is 9060. The van der Waals surface area contributed by atoms with E-state index in [0.717, 1.165) is 4.57 Å². The van der Waals surface area contributed by atoms with Crippen molar-refractivity contribution >= 4 is 101 Å².